The Kier molecular flexibility index (Phi) is 5.06. The van der Waals surface area contributed by atoms with Crippen LogP contribution in [0.1, 0.15) is 5.56 Å². The van der Waals surface area contributed by atoms with E-state index < -0.39 is 10.8 Å². The third-order valence-electron chi connectivity index (χ3n) is 2.17. The summed E-state index contributed by atoms with van der Waals surface area (Å²) in [6, 6.07) is 4.52. The molecular weight excluding hydrogens is 240 g/mol. The Morgan fingerprint density at radius 1 is 1.56 bits per heavy atom. The van der Waals surface area contributed by atoms with Gasteiger partial charge in [0, 0.05) is 12.6 Å². The average Bonchev–Trinajstić information content (AvgIpc) is 2.34. The van der Waals surface area contributed by atoms with E-state index in [-0.39, 0.29) is 31.2 Å². The highest BCUT2D eigenvalue weighted by molar-refractivity contribution is 5.77. The van der Waals surface area contributed by atoms with E-state index in [0.717, 1.165) is 0 Å². The average molecular weight is 254 g/mol. The van der Waals surface area contributed by atoms with Crippen LogP contribution >= 0.6 is 0 Å². The summed E-state index contributed by atoms with van der Waals surface area (Å²) < 4.78 is 5.15. The van der Waals surface area contributed by atoms with Crippen LogP contribution in [0.15, 0.2) is 18.2 Å². The van der Waals surface area contributed by atoms with Crippen molar-refractivity contribution in [3.05, 3.63) is 33.9 Å². The second-order valence-corrected chi connectivity index (χ2v) is 3.54. The van der Waals surface area contributed by atoms with E-state index in [1.165, 1.54) is 6.07 Å². The molecule has 2 N–H and O–H groups in total. The highest BCUT2D eigenvalue weighted by Crippen LogP contribution is 2.29. The molecule has 0 heterocycles. The van der Waals surface area contributed by atoms with Gasteiger partial charge >= 0.3 is 5.69 Å². The third kappa shape index (κ3) is 3.70. The van der Waals surface area contributed by atoms with Crippen molar-refractivity contribution in [2.24, 2.45) is 0 Å². The fourth-order valence-corrected chi connectivity index (χ4v) is 1.35. The number of carbonyl (C=O) groups excluding carboxylic acids is 1. The number of nitrogens with one attached hydrogen (secondary N) is 1. The Hall–Kier alpha value is -2.15. The van der Waals surface area contributed by atoms with Gasteiger partial charge in [-0.2, -0.15) is 0 Å². The number of hydrogen-bond acceptors (Lipinski definition) is 5. The topological polar surface area (TPSA) is 102 Å². The van der Waals surface area contributed by atoms with Crippen molar-refractivity contribution in [2.75, 3.05) is 19.8 Å². The predicted octanol–water partition coefficient (Wildman–Crippen LogP) is 0.391. The van der Waals surface area contributed by atoms with E-state index in [2.05, 4.69) is 5.32 Å². The number of rotatable bonds is 6. The van der Waals surface area contributed by atoms with Crippen molar-refractivity contribution in [1.82, 2.24) is 5.32 Å². The van der Waals surface area contributed by atoms with Crippen molar-refractivity contribution in [2.45, 2.75) is 6.92 Å². The molecule has 1 amide bonds. The summed E-state index contributed by atoms with van der Waals surface area (Å²) in [5.74, 6) is -0.358. The number of para-hydroxylation sites is 1. The molecule has 1 rings (SSSR count). The number of benzene rings is 1. The van der Waals surface area contributed by atoms with Gasteiger partial charge in [-0.25, -0.2) is 0 Å². The molecule has 0 saturated carbocycles. The lowest BCUT2D eigenvalue weighted by Gasteiger charge is -2.09. The number of aliphatic hydroxyl groups excluding tert-OH is 1. The van der Waals surface area contributed by atoms with Crippen LogP contribution in [-0.4, -0.2) is 35.7 Å². The summed E-state index contributed by atoms with van der Waals surface area (Å²) in [6.07, 6.45) is 0. The molecule has 0 fully saturated rings. The number of aliphatic hydroxyl groups is 1. The molecular formula is C11H14N2O5. The van der Waals surface area contributed by atoms with E-state index in [0.29, 0.717) is 5.56 Å². The fraction of sp³-hybridized carbons (Fsp3) is 0.364. The van der Waals surface area contributed by atoms with Gasteiger partial charge in [0.25, 0.3) is 5.91 Å². The second kappa shape index (κ2) is 6.55. The summed E-state index contributed by atoms with van der Waals surface area (Å²) in [7, 11) is 0. The van der Waals surface area contributed by atoms with E-state index >= 15 is 0 Å². The van der Waals surface area contributed by atoms with Gasteiger partial charge in [-0.1, -0.05) is 12.1 Å². The van der Waals surface area contributed by atoms with Gasteiger partial charge in [-0.15, -0.1) is 0 Å². The quantitative estimate of drug-likeness (QED) is 0.564. The van der Waals surface area contributed by atoms with E-state index in [1.54, 1.807) is 19.1 Å². The van der Waals surface area contributed by atoms with Gasteiger partial charge in [0.1, 0.15) is 0 Å². The molecule has 7 heteroatoms. The Morgan fingerprint density at radius 3 is 2.89 bits per heavy atom. The molecule has 18 heavy (non-hydrogen) atoms. The first-order valence-electron chi connectivity index (χ1n) is 5.30. The summed E-state index contributed by atoms with van der Waals surface area (Å²) in [6.45, 7) is 1.29. The van der Waals surface area contributed by atoms with E-state index in [4.69, 9.17) is 9.84 Å². The van der Waals surface area contributed by atoms with Crippen molar-refractivity contribution in [3.63, 3.8) is 0 Å². The van der Waals surface area contributed by atoms with Crippen LogP contribution in [-0.2, 0) is 4.79 Å². The van der Waals surface area contributed by atoms with E-state index in [9.17, 15) is 14.9 Å². The predicted molar refractivity (Wildman–Crippen MR) is 63.4 cm³/mol. The number of nitro groups is 1. The van der Waals surface area contributed by atoms with Crippen LogP contribution in [0.4, 0.5) is 5.69 Å². The first-order valence-corrected chi connectivity index (χ1v) is 5.30. The number of amides is 1. The molecule has 0 atom stereocenters. The van der Waals surface area contributed by atoms with Crippen LogP contribution in [0, 0.1) is 17.0 Å². The highest BCUT2D eigenvalue weighted by atomic mass is 16.6. The fourth-order valence-electron chi connectivity index (χ4n) is 1.35. The molecule has 0 aliphatic carbocycles. The SMILES string of the molecule is Cc1cccc([N+](=O)[O-])c1OCC(=O)NCCO. The molecule has 0 aromatic heterocycles. The zero-order valence-electron chi connectivity index (χ0n) is 9.88. The smallest absolute Gasteiger partial charge is 0.311 e. The zero-order valence-corrected chi connectivity index (χ0v) is 9.88. The standard InChI is InChI=1S/C11H14N2O5/c1-8-3-2-4-9(13(16)17)11(8)18-7-10(15)12-5-6-14/h2-4,14H,5-7H2,1H3,(H,12,15). The second-order valence-electron chi connectivity index (χ2n) is 3.54. The molecule has 0 radical (unpaired) electrons. The molecule has 0 bridgehead atoms. The van der Waals surface area contributed by atoms with Crippen LogP contribution in [0.25, 0.3) is 0 Å². The number of carbonyl (C=O) groups is 1. The van der Waals surface area contributed by atoms with Crippen LogP contribution in [0.5, 0.6) is 5.75 Å². The van der Waals surface area contributed by atoms with Crippen molar-refractivity contribution in [3.8, 4) is 5.75 Å². The molecule has 0 spiro atoms. The molecule has 1 aromatic carbocycles. The maximum absolute atomic E-state index is 11.3. The minimum absolute atomic E-state index is 0.0849. The van der Waals surface area contributed by atoms with Crippen LogP contribution < -0.4 is 10.1 Å². The minimum atomic E-state index is -0.562. The summed E-state index contributed by atoms with van der Waals surface area (Å²) in [5.41, 5.74) is 0.407. The van der Waals surface area contributed by atoms with Gasteiger partial charge in [-0.3, -0.25) is 14.9 Å². The summed E-state index contributed by atoms with van der Waals surface area (Å²) >= 11 is 0. The number of nitro benzene ring substituents is 1. The van der Waals surface area contributed by atoms with E-state index in [1.807, 2.05) is 0 Å². The van der Waals surface area contributed by atoms with Crippen molar-refractivity contribution < 1.29 is 19.6 Å². The molecule has 0 saturated heterocycles. The largest absolute Gasteiger partial charge is 0.477 e. The van der Waals surface area contributed by atoms with Crippen LogP contribution in [0.3, 0.4) is 0 Å². The number of ether oxygens (including phenoxy) is 1. The normalized spacial score (nSPS) is 9.89. The van der Waals surface area contributed by atoms with Gasteiger partial charge in [0.05, 0.1) is 11.5 Å². The van der Waals surface area contributed by atoms with Gasteiger partial charge in [-0.05, 0) is 12.5 Å². The maximum atomic E-state index is 11.3. The summed E-state index contributed by atoms with van der Waals surface area (Å²) in [4.78, 5) is 21.5. The third-order valence-corrected chi connectivity index (χ3v) is 2.17. The van der Waals surface area contributed by atoms with Gasteiger partial charge in [0.2, 0.25) is 5.75 Å². The molecule has 0 unspecified atom stereocenters. The Labute approximate surface area is 104 Å². The zero-order chi connectivity index (χ0) is 13.5. The van der Waals surface area contributed by atoms with Crippen molar-refractivity contribution in [1.29, 1.82) is 0 Å². The number of aryl methyl sites for hydroxylation is 1. The maximum Gasteiger partial charge on any atom is 0.311 e. The lowest BCUT2D eigenvalue weighted by Crippen LogP contribution is -2.31. The lowest BCUT2D eigenvalue weighted by molar-refractivity contribution is -0.385. The molecule has 0 aliphatic heterocycles. The highest BCUT2D eigenvalue weighted by Gasteiger charge is 2.17. The summed E-state index contributed by atoms with van der Waals surface area (Å²) in [5, 5.41) is 21.7. The number of hydrogen-bond donors (Lipinski definition) is 2. The molecule has 7 nitrogen and oxygen atoms in total. The van der Waals surface area contributed by atoms with Crippen LogP contribution in [0.2, 0.25) is 0 Å². The minimum Gasteiger partial charge on any atom is -0.477 e. The number of nitrogens with zero attached hydrogens (tertiary/aromatic N) is 1. The molecule has 98 valence electrons. The first kappa shape index (κ1) is 13.9. The Bertz CT molecular complexity index is 447. The lowest BCUT2D eigenvalue weighted by atomic mass is 10.2. The molecule has 0 aliphatic rings. The molecule has 1 aromatic rings. The Balaban J connectivity index is 2.72. The van der Waals surface area contributed by atoms with Gasteiger partial charge in [0.15, 0.2) is 6.61 Å². The Morgan fingerprint density at radius 2 is 2.28 bits per heavy atom. The van der Waals surface area contributed by atoms with Crippen molar-refractivity contribution >= 4 is 11.6 Å². The van der Waals surface area contributed by atoms with Gasteiger partial charge < -0.3 is 15.2 Å². The first-order chi connectivity index (χ1) is 8.56. The monoisotopic (exact) mass is 254 g/mol.